The maximum atomic E-state index is 6.45. The molecule has 0 unspecified atom stereocenters. The average Bonchev–Trinajstić information content (AvgIpc) is 2.48. The fourth-order valence-electron chi connectivity index (χ4n) is 2.03. The predicted molar refractivity (Wildman–Crippen MR) is 95.0 cm³/mol. The van der Waals surface area contributed by atoms with Crippen molar-refractivity contribution in [2.75, 3.05) is 0 Å². The first-order valence-corrected chi connectivity index (χ1v) is 15.8. The van der Waals surface area contributed by atoms with Gasteiger partial charge in [-0.05, 0) is 36.3 Å². The largest absolute Gasteiger partial charge is 0.466 e. The molecule has 7 heteroatoms. The van der Waals surface area contributed by atoms with Gasteiger partial charge in [0.1, 0.15) is 0 Å². The molecule has 119 valence electrons. The first-order valence-electron chi connectivity index (χ1n) is 8.09. The van der Waals surface area contributed by atoms with Gasteiger partial charge in [-0.25, -0.2) is 0 Å². The van der Waals surface area contributed by atoms with Gasteiger partial charge in [0.15, 0.2) is 0 Å². The van der Waals surface area contributed by atoms with E-state index in [1.54, 1.807) is 0 Å². The van der Waals surface area contributed by atoms with Crippen LogP contribution in [0.15, 0.2) is 0 Å². The molecule has 0 spiro atoms. The van der Waals surface area contributed by atoms with Gasteiger partial charge in [0, 0.05) is 6.55 Å². The molecule has 0 aromatic heterocycles. The summed E-state index contributed by atoms with van der Waals surface area (Å²) < 4.78 is 19.4. The molecule has 0 bridgehead atoms. The van der Waals surface area contributed by atoms with Gasteiger partial charge in [-0.2, -0.15) is 0 Å². The van der Waals surface area contributed by atoms with E-state index in [2.05, 4.69) is 48.1 Å². The highest BCUT2D eigenvalue weighted by Crippen LogP contribution is 2.21. The molecule has 0 aromatic carbocycles. The van der Waals surface area contributed by atoms with E-state index in [-0.39, 0.29) is 0 Å². The quantitative estimate of drug-likeness (QED) is 0.478. The molecule has 0 saturated heterocycles. The molecule has 3 nitrogen and oxygen atoms in total. The molecule has 0 amide bonds. The summed E-state index contributed by atoms with van der Waals surface area (Å²) in [4.78, 5) is 0. The highest BCUT2D eigenvalue weighted by atomic mass is 28.5. The normalized spacial score (nSPS) is 12.9. The third-order valence-corrected chi connectivity index (χ3v) is 16.0. The molecular formula is C13H33O3Si4. The van der Waals surface area contributed by atoms with Gasteiger partial charge >= 0.3 is 8.80 Å². The van der Waals surface area contributed by atoms with Crippen LogP contribution in [-0.4, -0.2) is 35.9 Å². The van der Waals surface area contributed by atoms with Crippen molar-refractivity contribution in [3.8, 4) is 0 Å². The van der Waals surface area contributed by atoms with Gasteiger partial charge < -0.3 is 12.3 Å². The van der Waals surface area contributed by atoms with E-state index in [0.29, 0.717) is 0 Å². The van der Waals surface area contributed by atoms with Crippen LogP contribution in [0.25, 0.3) is 0 Å². The summed E-state index contributed by atoms with van der Waals surface area (Å²) >= 11 is 0. The molecule has 0 aliphatic rings. The SMILES string of the molecule is CC[Si](CC)O[Si](C)(O[Si](CC)CC)O[Si](CC)CC. The van der Waals surface area contributed by atoms with Crippen LogP contribution in [0.1, 0.15) is 41.5 Å². The van der Waals surface area contributed by atoms with E-state index in [4.69, 9.17) is 12.3 Å². The van der Waals surface area contributed by atoms with Crippen molar-refractivity contribution >= 4 is 35.9 Å². The zero-order valence-corrected chi connectivity index (χ0v) is 18.5. The maximum Gasteiger partial charge on any atom is 0.466 e. The fraction of sp³-hybridized carbons (Fsp3) is 1.00. The lowest BCUT2D eigenvalue weighted by Crippen LogP contribution is -2.52. The molecule has 3 radical (unpaired) electrons. The monoisotopic (exact) mass is 349 g/mol. The molecule has 0 fully saturated rings. The Morgan fingerprint density at radius 2 is 0.750 bits per heavy atom. The third-order valence-electron chi connectivity index (χ3n) is 3.36. The fourth-order valence-corrected chi connectivity index (χ4v) is 14.9. The molecular weight excluding hydrogens is 316 g/mol. The Kier molecular flexibility index (Phi) is 11.8. The Bertz CT molecular complexity index is 196. The van der Waals surface area contributed by atoms with Crippen molar-refractivity contribution in [2.24, 2.45) is 0 Å². The molecule has 20 heavy (non-hydrogen) atoms. The zero-order valence-electron chi connectivity index (χ0n) is 14.5. The van der Waals surface area contributed by atoms with E-state index in [9.17, 15) is 0 Å². The minimum absolute atomic E-state index is 0.758. The maximum absolute atomic E-state index is 6.45. The van der Waals surface area contributed by atoms with E-state index < -0.39 is 35.9 Å². The lowest BCUT2D eigenvalue weighted by molar-refractivity contribution is 0.272. The summed E-state index contributed by atoms with van der Waals surface area (Å²) in [6, 6.07) is 6.82. The summed E-state index contributed by atoms with van der Waals surface area (Å²) in [6.45, 7) is 15.5. The van der Waals surface area contributed by atoms with E-state index in [1.165, 1.54) is 0 Å². The van der Waals surface area contributed by atoms with Crippen LogP contribution in [0.5, 0.6) is 0 Å². The topological polar surface area (TPSA) is 27.7 Å². The first-order chi connectivity index (χ1) is 9.48. The van der Waals surface area contributed by atoms with Crippen molar-refractivity contribution in [3.63, 3.8) is 0 Å². The summed E-state index contributed by atoms with van der Waals surface area (Å²) in [5.41, 5.74) is 0. The van der Waals surface area contributed by atoms with Crippen molar-refractivity contribution in [1.29, 1.82) is 0 Å². The number of rotatable bonds is 12. The van der Waals surface area contributed by atoms with Gasteiger partial charge in [-0.3, -0.25) is 0 Å². The lowest BCUT2D eigenvalue weighted by atomic mass is 11.0. The van der Waals surface area contributed by atoms with Crippen LogP contribution >= 0.6 is 0 Å². The smallest absolute Gasteiger partial charge is 0.416 e. The molecule has 0 atom stereocenters. The first kappa shape index (κ1) is 20.7. The van der Waals surface area contributed by atoms with Crippen LogP contribution in [0.3, 0.4) is 0 Å². The molecule has 0 N–H and O–H groups in total. The van der Waals surface area contributed by atoms with Crippen molar-refractivity contribution in [2.45, 2.75) is 84.4 Å². The summed E-state index contributed by atoms with van der Waals surface area (Å²) in [5.74, 6) is 0. The highest BCUT2D eigenvalue weighted by Gasteiger charge is 2.41. The summed E-state index contributed by atoms with van der Waals surface area (Å²) in [6.07, 6.45) is 0. The Morgan fingerprint density at radius 3 is 0.900 bits per heavy atom. The zero-order chi connectivity index (χ0) is 15.6. The van der Waals surface area contributed by atoms with Gasteiger partial charge in [-0.1, -0.05) is 41.5 Å². The van der Waals surface area contributed by atoms with Gasteiger partial charge in [-0.15, -0.1) is 0 Å². The van der Waals surface area contributed by atoms with Gasteiger partial charge in [0.05, 0.1) is 0 Å². The lowest BCUT2D eigenvalue weighted by Gasteiger charge is -2.35. The van der Waals surface area contributed by atoms with Crippen LogP contribution in [0.2, 0.25) is 42.8 Å². The standard InChI is InChI=1S/C13H33O3Si4/c1-8-17(9-2)14-20(7,15-18(10-3)11-4)16-19(12-5)13-6/h8-13H2,1-7H3. The van der Waals surface area contributed by atoms with Crippen LogP contribution in [0.4, 0.5) is 0 Å². The van der Waals surface area contributed by atoms with E-state index in [0.717, 1.165) is 36.3 Å². The second-order valence-electron chi connectivity index (χ2n) is 4.91. The molecule has 0 aliphatic heterocycles. The van der Waals surface area contributed by atoms with E-state index >= 15 is 0 Å². The van der Waals surface area contributed by atoms with E-state index in [1.807, 2.05) is 0 Å². The predicted octanol–water partition coefficient (Wildman–Crippen LogP) is 4.70. The molecule has 0 heterocycles. The molecule has 0 rings (SSSR count). The Morgan fingerprint density at radius 1 is 0.550 bits per heavy atom. The van der Waals surface area contributed by atoms with Crippen LogP contribution in [-0.2, 0) is 12.3 Å². The molecule has 0 aromatic rings. The Balaban J connectivity index is 4.89. The van der Waals surface area contributed by atoms with Crippen molar-refractivity contribution in [3.05, 3.63) is 0 Å². The number of hydrogen-bond acceptors (Lipinski definition) is 3. The average molecular weight is 350 g/mol. The van der Waals surface area contributed by atoms with Crippen molar-refractivity contribution in [1.82, 2.24) is 0 Å². The summed E-state index contributed by atoms with van der Waals surface area (Å²) in [7, 11) is -4.70. The van der Waals surface area contributed by atoms with Gasteiger partial charge in [0.25, 0.3) is 0 Å². The Labute approximate surface area is 133 Å². The minimum atomic E-state index is -2.43. The van der Waals surface area contributed by atoms with Crippen LogP contribution in [0, 0.1) is 0 Å². The van der Waals surface area contributed by atoms with Gasteiger partial charge in [0.2, 0.25) is 27.1 Å². The minimum Gasteiger partial charge on any atom is -0.416 e. The van der Waals surface area contributed by atoms with Crippen molar-refractivity contribution < 1.29 is 12.3 Å². The van der Waals surface area contributed by atoms with Crippen LogP contribution < -0.4 is 0 Å². The second kappa shape index (κ2) is 11.3. The third kappa shape index (κ3) is 7.67. The molecule has 0 aliphatic carbocycles. The number of hydrogen-bond donors (Lipinski definition) is 0. The second-order valence-corrected chi connectivity index (χ2v) is 16.6. The molecule has 0 saturated carbocycles. The summed E-state index contributed by atoms with van der Waals surface area (Å²) in [5, 5.41) is 0. The highest BCUT2D eigenvalue weighted by molar-refractivity contribution is 6.80. The Hall–Kier alpha value is 0.748.